The molecule has 1 fully saturated rings. The Morgan fingerprint density at radius 3 is 2.58 bits per heavy atom. The van der Waals surface area contributed by atoms with Gasteiger partial charge in [0.1, 0.15) is 0 Å². The number of carboxylic acid groups (broad SMARTS) is 1. The van der Waals surface area contributed by atoms with E-state index in [9.17, 15) is 9.59 Å². The molecule has 0 saturated carbocycles. The Morgan fingerprint density at radius 2 is 2.00 bits per heavy atom. The number of rotatable bonds is 3. The van der Waals surface area contributed by atoms with Gasteiger partial charge in [-0.1, -0.05) is 0 Å². The van der Waals surface area contributed by atoms with Gasteiger partial charge in [0.25, 0.3) is 0 Å². The standard InChI is InChI=1S/C13H15BrN2O3/c14-10-7-9(13(18)19)1-2-11(10)16-12(17)8-3-5-15-6-4-8/h1-2,7-8,15H,3-6H2,(H,16,17)(H,18,19). The van der Waals surface area contributed by atoms with E-state index in [1.165, 1.54) is 12.1 Å². The number of anilines is 1. The van der Waals surface area contributed by atoms with Crippen molar-refractivity contribution in [3.05, 3.63) is 28.2 Å². The highest BCUT2D eigenvalue weighted by atomic mass is 79.9. The van der Waals surface area contributed by atoms with Crippen LogP contribution in [-0.4, -0.2) is 30.1 Å². The first-order valence-corrected chi connectivity index (χ1v) is 6.91. The molecule has 1 amide bonds. The summed E-state index contributed by atoms with van der Waals surface area (Å²) in [6.45, 7) is 1.72. The maximum atomic E-state index is 12.1. The molecular formula is C13H15BrN2O3. The van der Waals surface area contributed by atoms with Crippen LogP contribution in [0.2, 0.25) is 0 Å². The van der Waals surface area contributed by atoms with E-state index in [-0.39, 0.29) is 17.4 Å². The second-order valence-electron chi connectivity index (χ2n) is 4.51. The summed E-state index contributed by atoms with van der Waals surface area (Å²) in [5.41, 5.74) is 0.792. The Bertz CT molecular complexity index is 499. The summed E-state index contributed by atoms with van der Waals surface area (Å²) < 4.78 is 0.578. The number of carboxylic acids is 1. The molecule has 102 valence electrons. The topological polar surface area (TPSA) is 78.4 Å². The van der Waals surface area contributed by atoms with Crippen molar-refractivity contribution >= 4 is 33.5 Å². The molecular weight excluding hydrogens is 312 g/mol. The van der Waals surface area contributed by atoms with Gasteiger partial charge < -0.3 is 15.7 Å². The van der Waals surface area contributed by atoms with Crippen molar-refractivity contribution in [2.45, 2.75) is 12.8 Å². The summed E-state index contributed by atoms with van der Waals surface area (Å²) in [5, 5.41) is 14.9. The van der Waals surface area contributed by atoms with Crippen molar-refractivity contribution in [1.29, 1.82) is 0 Å². The first kappa shape index (κ1) is 14.0. The van der Waals surface area contributed by atoms with E-state index >= 15 is 0 Å². The monoisotopic (exact) mass is 326 g/mol. The van der Waals surface area contributed by atoms with Crippen LogP contribution in [0.4, 0.5) is 5.69 Å². The number of hydrogen-bond acceptors (Lipinski definition) is 3. The predicted molar refractivity (Wildman–Crippen MR) is 75.3 cm³/mol. The van der Waals surface area contributed by atoms with E-state index in [0.717, 1.165) is 25.9 Å². The van der Waals surface area contributed by atoms with Gasteiger partial charge in [-0.15, -0.1) is 0 Å². The van der Waals surface area contributed by atoms with Gasteiger partial charge in [-0.2, -0.15) is 0 Å². The second kappa shape index (κ2) is 6.16. The number of benzene rings is 1. The predicted octanol–water partition coefficient (Wildman–Crippen LogP) is 2.09. The number of carbonyl (C=O) groups is 2. The van der Waals surface area contributed by atoms with E-state index < -0.39 is 5.97 Å². The number of aromatic carboxylic acids is 1. The molecule has 0 atom stereocenters. The fourth-order valence-corrected chi connectivity index (χ4v) is 2.55. The third-order valence-electron chi connectivity index (χ3n) is 3.18. The number of piperidine rings is 1. The molecule has 0 bridgehead atoms. The lowest BCUT2D eigenvalue weighted by Gasteiger charge is -2.22. The molecule has 0 spiro atoms. The molecule has 0 radical (unpaired) electrons. The molecule has 0 aliphatic carbocycles. The molecule has 1 aliphatic rings. The Kier molecular flexibility index (Phi) is 4.55. The third-order valence-corrected chi connectivity index (χ3v) is 3.84. The van der Waals surface area contributed by atoms with Crippen LogP contribution in [0.25, 0.3) is 0 Å². The first-order valence-electron chi connectivity index (χ1n) is 6.12. The van der Waals surface area contributed by atoms with Crippen molar-refractivity contribution in [2.75, 3.05) is 18.4 Å². The molecule has 2 rings (SSSR count). The normalized spacial score (nSPS) is 16.1. The van der Waals surface area contributed by atoms with Crippen LogP contribution in [0.5, 0.6) is 0 Å². The van der Waals surface area contributed by atoms with E-state index in [2.05, 4.69) is 26.6 Å². The van der Waals surface area contributed by atoms with Crippen LogP contribution in [0.15, 0.2) is 22.7 Å². The number of amides is 1. The number of halogens is 1. The zero-order chi connectivity index (χ0) is 13.8. The highest BCUT2D eigenvalue weighted by Gasteiger charge is 2.21. The van der Waals surface area contributed by atoms with Crippen LogP contribution in [-0.2, 0) is 4.79 Å². The van der Waals surface area contributed by atoms with Gasteiger partial charge in [-0.05, 0) is 60.1 Å². The van der Waals surface area contributed by atoms with Gasteiger partial charge in [0.2, 0.25) is 5.91 Å². The summed E-state index contributed by atoms with van der Waals surface area (Å²) >= 11 is 3.28. The van der Waals surface area contributed by atoms with Gasteiger partial charge in [0.15, 0.2) is 0 Å². The zero-order valence-electron chi connectivity index (χ0n) is 10.3. The lowest BCUT2D eigenvalue weighted by molar-refractivity contribution is -0.120. The van der Waals surface area contributed by atoms with E-state index in [4.69, 9.17) is 5.11 Å². The Balaban J connectivity index is 2.06. The second-order valence-corrected chi connectivity index (χ2v) is 5.37. The van der Waals surface area contributed by atoms with Crippen molar-refractivity contribution in [1.82, 2.24) is 5.32 Å². The summed E-state index contributed by atoms with van der Waals surface area (Å²) in [7, 11) is 0. The third kappa shape index (κ3) is 3.54. The van der Waals surface area contributed by atoms with Crippen molar-refractivity contribution < 1.29 is 14.7 Å². The molecule has 0 unspecified atom stereocenters. The highest BCUT2D eigenvalue weighted by molar-refractivity contribution is 9.10. The lowest BCUT2D eigenvalue weighted by atomic mass is 9.97. The summed E-state index contributed by atoms with van der Waals surface area (Å²) in [5.74, 6) is -0.977. The number of nitrogens with one attached hydrogen (secondary N) is 2. The quantitative estimate of drug-likeness (QED) is 0.794. The first-order chi connectivity index (χ1) is 9.08. The fourth-order valence-electron chi connectivity index (χ4n) is 2.07. The minimum atomic E-state index is -0.989. The Morgan fingerprint density at radius 1 is 1.32 bits per heavy atom. The van der Waals surface area contributed by atoms with Gasteiger partial charge in [0.05, 0.1) is 11.3 Å². The molecule has 1 heterocycles. The smallest absolute Gasteiger partial charge is 0.335 e. The van der Waals surface area contributed by atoms with E-state index in [1.54, 1.807) is 6.07 Å². The number of hydrogen-bond donors (Lipinski definition) is 3. The lowest BCUT2D eigenvalue weighted by Crippen LogP contribution is -2.34. The Hall–Kier alpha value is -1.40. The zero-order valence-corrected chi connectivity index (χ0v) is 11.9. The minimum Gasteiger partial charge on any atom is -0.478 e. The fraction of sp³-hybridized carbons (Fsp3) is 0.385. The maximum Gasteiger partial charge on any atom is 0.335 e. The van der Waals surface area contributed by atoms with Crippen LogP contribution in [0.1, 0.15) is 23.2 Å². The minimum absolute atomic E-state index is 0.00900. The Labute approximate surface area is 119 Å². The van der Waals surface area contributed by atoms with Gasteiger partial charge in [0, 0.05) is 10.4 Å². The molecule has 6 heteroatoms. The van der Waals surface area contributed by atoms with Gasteiger partial charge in [-0.3, -0.25) is 4.79 Å². The van der Waals surface area contributed by atoms with Gasteiger partial charge in [-0.25, -0.2) is 4.79 Å². The van der Waals surface area contributed by atoms with Crippen molar-refractivity contribution in [3.8, 4) is 0 Å². The average molecular weight is 327 g/mol. The maximum absolute atomic E-state index is 12.1. The highest BCUT2D eigenvalue weighted by Crippen LogP contribution is 2.25. The van der Waals surface area contributed by atoms with E-state index in [1.807, 2.05) is 0 Å². The van der Waals surface area contributed by atoms with Crippen molar-refractivity contribution in [2.24, 2.45) is 5.92 Å². The summed E-state index contributed by atoms with van der Waals surface area (Å²) in [4.78, 5) is 22.9. The van der Waals surface area contributed by atoms with Crippen LogP contribution in [0.3, 0.4) is 0 Å². The molecule has 3 N–H and O–H groups in total. The van der Waals surface area contributed by atoms with E-state index in [0.29, 0.717) is 10.2 Å². The summed E-state index contributed by atoms with van der Waals surface area (Å²) in [6.07, 6.45) is 1.66. The van der Waals surface area contributed by atoms with Crippen LogP contribution >= 0.6 is 15.9 Å². The molecule has 1 aliphatic heterocycles. The largest absolute Gasteiger partial charge is 0.478 e. The molecule has 0 aromatic heterocycles. The van der Waals surface area contributed by atoms with Crippen LogP contribution in [0, 0.1) is 5.92 Å². The van der Waals surface area contributed by atoms with Crippen LogP contribution < -0.4 is 10.6 Å². The molecule has 1 aromatic carbocycles. The molecule has 19 heavy (non-hydrogen) atoms. The van der Waals surface area contributed by atoms with Gasteiger partial charge >= 0.3 is 5.97 Å². The molecule has 1 aromatic rings. The average Bonchev–Trinajstić information content (AvgIpc) is 2.41. The summed E-state index contributed by atoms with van der Waals surface area (Å²) in [6, 6.07) is 4.57. The number of carbonyl (C=O) groups excluding carboxylic acids is 1. The van der Waals surface area contributed by atoms with Crippen molar-refractivity contribution in [3.63, 3.8) is 0 Å². The SMILES string of the molecule is O=C(O)c1ccc(NC(=O)C2CCNCC2)c(Br)c1. The molecule has 5 nitrogen and oxygen atoms in total. The molecule has 1 saturated heterocycles.